The van der Waals surface area contributed by atoms with Gasteiger partial charge in [0.2, 0.25) is 10.0 Å². The zero-order valence-corrected chi connectivity index (χ0v) is 18.8. The van der Waals surface area contributed by atoms with E-state index in [-0.39, 0.29) is 37.0 Å². The minimum atomic E-state index is -4.01. The van der Waals surface area contributed by atoms with Crippen molar-refractivity contribution in [2.24, 2.45) is 0 Å². The molecule has 2 aliphatic rings. The van der Waals surface area contributed by atoms with Crippen molar-refractivity contribution in [3.63, 3.8) is 0 Å². The normalized spacial score (nSPS) is 18.1. The number of piperazine rings is 1. The van der Waals surface area contributed by atoms with Crippen LogP contribution >= 0.6 is 11.3 Å². The fraction of sp³-hybridized carbons (Fsp3) is 0.476. The largest absolute Gasteiger partial charge is 0.335 e. The molecule has 1 aromatic heterocycles. The number of nitro groups is 1. The van der Waals surface area contributed by atoms with Gasteiger partial charge < -0.3 is 4.90 Å². The molecule has 0 radical (unpaired) electrons. The summed E-state index contributed by atoms with van der Waals surface area (Å²) >= 11 is 1.57. The van der Waals surface area contributed by atoms with Gasteiger partial charge in [-0.3, -0.25) is 14.9 Å². The Morgan fingerprint density at radius 1 is 1.00 bits per heavy atom. The van der Waals surface area contributed by atoms with E-state index in [1.807, 2.05) is 6.07 Å². The molecule has 1 amide bonds. The third-order valence-corrected chi connectivity index (χ3v) is 9.08. The highest BCUT2D eigenvalue weighted by Gasteiger charge is 2.35. The second kappa shape index (κ2) is 9.05. The number of aryl methyl sites for hydroxylation is 2. The quantitative estimate of drug-likeness (QED) is 0.511. The second-order valence-corrected chi connectivity index (χ2v) is 10.9. The van der Waals surface area contributed by atoms with Gasteiger partial charge in [0.05, 0.1) is 9.80 Å². The lowest BCUT2D eigenvalue weighted by molar-refractivity contribution is -0.387. The Labute approximate surface area is 185 Å². The van der Waals surface area contributed by atoms with Crippen LogP contribution in [0, 0.1) is 10.1 Å². The van der Waals surface area contributed by atoms with Crippen LogP contribution in [0.5, 0.6) is 0 Å². The lowest BCUT2D eigenvalue weighted by atomic mass is 10.00. The van der Waals surface area contributed by atoms with Gasteiger partial charge in [-0.15, -0.1) is 11.3 Å². The number of sulfonamides is 1. The number of fused-ring (bicyclic) bond motifs is 1. The van der Waals surface area contributed by atoms with Gasteiger partial charge in [0.25, 0.3) is 11.6 Å². The van der Waals surface area contributed by atoms with Gasteiger partial charge >= 0.3 is 0 Å². The van der Waals surface area contributed by atoms with Crippen LogP contribution in [-0.4, -0.2) is 54.6 Å². The predicted octanol–water partition coefficient (Wildman–Crippen LogP) is 3.46. The van der Waals surface area contributed by atoms with Gasteiger partial charge in [-0.1, -0.05) is 25.0 Å². The fourth-order valence-corrected chi connectivity index (χ4v) is 7.00. The van der Waals surface area contributed by atoms with Crippen LogP contribution < -0.4 is 0 Å². The molecule has 1 fully saturated rings. The molecule has 1 aliphatic heterocycles. The van der Waals surface area contributed by atoms with Gasteiger partial charge in [0.1, 0.15) is 0 Å². The van der Waals surface area contributed by atoms with Gasteiger partial charge in [0.15, 0.2) is 4.90 Å². The molecule has 0 bridgehead atoms. The summed E-state index contributed by atoms with van der Waals surface area (Å²) in [5, 5.41) is 11.2. The highest BCUT2D eigenvalue weighted by Crippen LogP contribution is 2.30. The fourth-order valence-electron chi connectivity index (χ4n) is 4.20. The maximum atomic E-state index is 13.0. The third-order valence-electron chi connectivity index (χ3n) is 5.91. The van der Waals surface area contributed by atoms with Crippen LogP contribution in [-0.2, 0) is 22.9 Å². The molecule has 1 aliphatic carbocycles. The molecule has 166 valence electrons. The molecule has 10 heteroatoms. The number of thiophene rings is 1. The number of amides is 1. The topological polar surface area (TPSA) is 101 Å². The summed E-state index contributed by atoms with van der Waals surface area (Å²) in [6, 6.07) is 7.38. The summed E-state index contributed by atoms with van der Waals surface area (Å²) in [4.78, 5) is 27.0. The second-order valence-electron chi connectivity index (χ2n) is 7.89. The summed E-state index contributed by atoms with van der Waals surface area (Å²) in [5.74, 6) is -0.0560. The molecule has 4 rings (SSSR count). The maximum absolute atomic E-state index is 13.0. The van der Waals surface area contributed by atoms with Crippen molar-refractivity contribution >= 4 is 33.0 Å². The van der Waals surface area contributed by atoms with Crippen LogP contribution in [0.2, 0.25) is 0 Å². The molecule has 0 unspecified atom stereocenters. The lowest BCUT2D eigenvalue weighted by Gasteiger charge is -2.33. The maximum Gasteiger partial charge on any atom is 0.289 e. The average molecular weight is 464 g/mol. The minimum Gasteiger partial charge on any atom is -0.335 e. The molecule has 1 aromatic carbocycles. The molecule has 2 aromatic rings. The molecule has 31 heavy (non-hydrogen) atoms. The summed E-state index contributed by atoms with van der Waals surface area (Å²) in [6.45, 7) is 0.763. The molecule has 1 saturated heterocycles. The van der Waals surface area contributed by atoms with Crippen LogP contribution in [0.25, 0.3) is 0 Å². The molecule has 0 spiro atoms. The number of rotatable bonds is 4. The number of benzene rings is 1. The average Bonchev–Trinajstić information content (AvgIpc) is 3.15. The first-order chi connectivity index (χ1) is 14.9. The molecular formula is C21H25N3O5S2. The predicted molar refractivity (Wildman–Crippen MR) is 118 cm³/mol. The summed E-state index contributed by atoms with van der Waals surface area (Å²) < 4.78 is 27.2. The highest BCUT2D eigenvalue weighted by molar-refractivity contribution is 7.89. The molecule has 2 heterocycles. The first-order valence-corrected chi connectivity index (χ1v) is 12.8. The van der Waals surface area contributed by atoms with Crippen molar-refractivity contribution in [3.05, 3.63) is 55.8 Å². The number of hydrogen-bond acceptors (Lipinski definition) is 6. The number of nitro benzene ring substituents is 1. The number of para-hydroxylation sites is 1. The smallest absolute Gasteiger partial charge is 0.289 e. The Kier molecular flexibility index (Phi) is 6.40. The number of nitrogens with zero attached hydrogens (tertiary/aromatic N) is 3. The molecule has 0 atom stereocenters. The van der Waals surface area contributed by atoms with E-state index in [0.717, 1.165) is 30.6 Å². The zero-order chi connectivity index (χ0) is 22.0. The van der Waals surface area contributed by atoms with Crippen molar-refractivity contribution in [1.82, 2.24) is 9.21 Å². The van der Waals surface area contributed by atoms with Crippen molar-refractivity contribution < 1.29 is 18.1 Å². The lowest BCUT2D eigenvalue weighted by Crippen LogP contribution is -2.50. The van der Waals surface area contributed by atoms with E-state index >= 15 is 0 Å². The van der Waals surface area contributed by atoms with E-state index in [2.05, 4.69) is 0 Å². The Morgan fingerprint density at radius 2 is 1.68 bits per heavy atom. The molecule has 0 N–H and O–H groups in total. The van der Waals surface area contributed by atoms with Crippen molar-refractivity contribution in [2.45, 2.75) is 43.4 Å². The van der Waals surface area contributed by atoms with Crippen molar-refractivity contribution in [1.29, 1.82) is 0 Å². The van der Waals surface area contributed by atoms with E-state index in [4.69, 9.17) is 0 Å². The van der Waals surface area contributed by atoms with Gasteiger partial charge in [-0.05, 0) is 43.4 Å². The minimum absolute atomic E-state index is 0.0560. The van der Waals surface area contributed by atoms with E-state index < -0.39 is 20.6 Å². The zero-order valence-electron chi connectivity index (χ0n) is 17.2. The summed E-state index contributed by atoms with van der Waals surface area (Å²) in [6.07, 6.45) is 6.81. The van der Waals surface area contributed by atoms with E-state index in [1.54, 1.807) is 16.2 Å². The Morgan fingerprint density at radius 3 is 2.39 bits per heavy atom. The third kappa shape index (κ3) is 4.51. The standard InChI is InChI=1S/C21H25N3O5S2/c25-21(19-15-16-7-3-1-2-4-9-18(16)30-19)22-11-13-23(14-12-22)31(28,29)20-10-6-5-8-17(20)24(26)27/h5-6,8,10,15H,1-4,7,9,11-14H2. The Balaban J connectivity index is 1.46. The highest BCUT2D eigenvalue weighted by atomic mass is 32.2. The van der Waals surface area contributed by atoms with Crippen molar-refractivity contribution in [2.75, 3.05) is 26.2 Å². The monoisotopic (exact) mass is 463 g/mol. The summed E-state index contributed by atoms with van der Waals surface area (Å²) in [7, 11) is -4.01. The molecule has 0 saturated carbocycles. The molecule has 8 nitrogen and oxygen atoms in total. The molecular weight excluding hydrogens is 438 g/mol. The van der Waals surface area contributed by atoms with Gasteiger partial charge in [0, 0.05) is 37.1 Å². The number of carbonyl (C=O) groups excluding carboxylic acids is 1. The van der Waals surface area contributed by atoms with Gasteiger partial charge in [-0.2, -0.15) is 4.31 Å². The van der Waals surface area contributed by atoms with Crippen LogP contribution in [0.3, 0.4) is 0 Å². The van der Waals surface area contributed by atoms with E-state index in [9.17, 15) is 23.3 Å². The Bertz CT molecular complexity index is 1060. The van der Waals surface area contributed by atoms with Crippen molar-refractivity contribution in [3.8, 4) is 0 Å². The first-order valence-electron chi connectivity index (χ1n) is 10.5. The van der Waals surface area contributed by atoms with Crippen LogP contribution in [0.1, 0.15) is 45.8 Å². The van der Waals surface area contributed by atoms with Crippen LogP contribution in [0.15, 0.2) is 35.2 Å². The first kappa shape index (κ1) is 21.9. The van der Waals surface area contributed by atoms with E-state index in [1.165, 1.54) is 51.9 Å². The Hall–Kier alpha value is -2.30. The summed E-state index contributed by atoms with van der Waals surface area (Å²) in [5.41, 5.74) is 0.850. The number of carbonyl (C=O) groups is 1. The SMILES string of the molecule is O=C(c1cc2c(s1)CCCCCC2)N1CCN(S(=O)(=O)c2ccccc2[N+](=O)[O-])CC1. The van der Waals surface area contributed by atoms with Crippen LogP contribution in [0.4, 0.5) is 5.69 Å². The van der Waals surface area contributed by atoms with Gasteiger partial charge in [-0.25, -0.2) is 8.42 Å². The number of hydrogen-bond donors (Lipinski definition) is 0. The van der Waals surface area contributed by atoms with E-state index in [0.29, 0.717) is 0 Å².